The van der Waals surface area contributed by atoms with Crippen LogP contribution in [0.2, 0.25) is 0 Å². The fraction of sp³-hybridized carbons (Fsp3) is 0.450. The van der Waals surface area contributed by atoms with Crippen molar-refractivity contribution in [3.05, 3.63) is 47.1 Å². The lowest BCUT2D eigenvalue weighted by molar-refractivity contribution is -0.148. The molecule has 1 saturated heterocycles. The molecule has 0 spiro atoms. The Kier molecular flexibility index (Phi) is 4.85. The van der Waals surface area contributed by atoms with Gasteiger partial charge >= 0.3 is 17.9 Å². The van der Waals surface area contributed by atoms with E-state index < -0.39 is 36.0 Å². The quantitative estimate of drug-likeness (QED) is 0.327. The number of ether oxygens (including phenoxy) is 3. The van der Waals surface area contributed by atoms with E-state index in [1.165, 1.54) is 0 Å². The lowest BCUT2D eigenvalue weighted by Gasteiger charge is -2.26. The van der Waals surface area contributed by atoms with Crippen LogP contribution in [0.5, 0.6) is 0 Å². The van der Waals surface area contributed by atoms with Crippen molar-refractivity contribution in [3.63, 3.8) is 0 Å². The summed E-state index contributed by atoms with van der Waals surface area (Å²) in [6.45, 7) is 9.10. The number of allylic oxidation sites excluding steroid dienone is 1. The van der Waals surface area contributed by atoms with E-state index in [-0.39, 0.29) is 18.1 Å². The van der Waals surface area contributed by atoms with Crippen LogP contribution >= 0.6 is 0 Å². The number of carbonyl (C=O) groups is 3. The summed E-state index contributed by atoms with van der Waals surface area (Å²) in [6, 6.07) is 0. The third kappa shape index (κ3) is 3.36. The highest BCUT2D eigenvalue weighted by Gasteiger charge is 2.46. The number of fused-ring (bicyclic) bond motifs is 2. The zero-order valence-corrected chi connectivity index (χ0v) is 15.1. The molecule has 0 aromatic rings. The lowest BCUT2D eigenvalue weighted by atomic mass is 9.85. The molecule has 0 saturated carbocycles. The summed E-state index contributed by atoms with van der Waals surface area (Å²) >= 11 is 0. The second kappa shape index (κ2) is 6.94. The molecule has 1 fully saturated rings. The first-order valence-corrected chi connectivity index (χ1v) is 8.62. The minimum atomic E-state index is -0.749. The van der Waals surface area contributed by atoms with Crippen LogP contribution in [-0.4, -0.2) is 36.2 Å². The Labute approximate surface area is 152 Å². The van der Waals surface area contributed by atoms with E-state index >= 15 is 0 Å². The van der Waals surface area contributed by atoms with E-state index in [1.54, 1.807) is 26.0 Å². The molecule has 6 nitrogen and oxygen atoms in total. The van der Waals surface area contributed by atoms with Crippen LogP contribution in [0, 0.1) is 5.92 Å². The molecular weight excluding hydrogens is 336 g/mol. The SMILES string of the molecule is C=C1C(=O)O[C@@H]2/C=C(/C)C[C@@H]3C=C(C[C@H](OC(=O)/C(C)=C\C)[C@@H]12)C(=O)O3. The second-order valence-electron chi connectivity index (χ2n) is 6.89. The van der Waals surface area contributed by atoms with Crippen molar-refractivity contribution in [2.24, 2.45) is 5.92 Å². The van der Waals surface area contributed by atoms with Gasteiger partial charge in [0.05, 0.1) is 5.92 Å². The lowest BCUT2D eigenvalue weighted by Crippen LogP contribution is -2.34. The molecule has 3 aliphatic rings. The molecule has 6 heteroatoms. The molecule has 2 heterocycles. The maximum Gasteiger partial charge on any atom is 0.334 e. The van der Waals surface area contributed by atoms with Crippen molar-refractivity contribution in [1.29, 1.82) is 0 Å². The number of rotatable bonds is 2. The first kappa shape index (κ1) is 18.2. The molecule has 0 amide bonds. The monoisotopic (exact) mass is 358 g/mol. The van der Waals surface area contributed by atoms with E-state index in [0.717, 1.165) is 5.57 Å². The van der Waals surface area contributed by atoms with Crippen LogP contribution in [0.3, 0.4) is 0 Å². The minimum absolute atomic E-state index is 0.155. The Hall–Kier alpha value is -2.63. The van der Waals surface area contributed by atoms with Crippen molar-refractivity contribution < 1.29 is 28.6 Å². The van der Waals surface area contributed by atoms with Gasteiger partial charge in [0.25, 0.3) is 0 Å². The first-order valence-electron chi connectivity index (χ1n) is 8.62. The number of hydrogen-bond acceptors (Lipinski definition) is 6. The van der Waals surface area contributed by atoms with E-state index in [2.05, 4.69) is 6.58 Å². The Morgan fingerprint density at radius 1 is 1.23 bits per heavy atom. The van der Waals surface area contributed by atoms with Crippen LogP contribution in [-0.2, 0) is 28.6 Å². The van der Waals surface area contributed by atoms with E-state index in [9.17, 15) is 14.4 Å². The van der Waals surface area contributed by atoms with Crippen molar-refractivity contribution in [2.45, 2.75) is 51.9 Å². The predicted octanol–water partition coefficient (Wildman–Crippen LogP) is 2.55. The largest absolute Gasteiger partial charge is 0.458 e. The third-order valence-corrected chi connectivity index (χ3v) is 4.98. The van der Waals surface area contributed by atoms with Crippen molar-refractivity contribution in [3.8, 4) is 0 Å². The molecule has 0 unspecified atom stereocenters. The topological polar surface area (TPSA) is 78.9 Å². The Morgan fingerprint density at radius 3 is 2.65 bits per heavy atom. The fourth-order valence-electron chi connectivity index (χ4n) is 3.44. The summed E-state index contributed by atoms with van der Waals surface area (Å²) < 4.78 is 16.5. The first-order chi connectivity index (χ1) is 12.3. The average molecular weight is 358 g/mol. The summed E-state index contributed by atoms with van der Waals surface area (Å²) in [7, 11) is 0. The predicted molar refractivity (Wildman–Crippen MR) is 92.8 cm³/mol. The molecular formula is C20H22O6. The van der Waals surface area contributed by atoms with Gasteiger partial charge in [0.1, 0.15) is 18.3 Å². The summed E-state index contributed by atoms with van der Waals surface area (Å²) in [6.07, 6.45) is 4.26. The van der Waals surface area contributed by atoms with Gasteiger partial charge in [-0.25, -0.2) is 14.4 Å². The highest BCUT2D eigenvalue weighted by molar-refractivity contribution is 5.93. The fourth-order valence-corrected chi connectivity index (χ4v) is 3.44. The summed E-state index contributed by atoms with van der Waals surface area (Å²) in [4.78, 5) is 36.6. The van der Waals surface area contributed by atoms with Gasteiger partial charge in [-0.3, -0.25) is 0 Å². The zero-order chi connectivity index (χ0) is 19.0. The Bertz CT molecular complexity index is 769. The normalized spacial score (nSPS) is 33.5. The molecule has 26 heavy (non-hydrogen) atoms. The highest BCUT2D eigenvalue weighted by Crippen LogP contribution is 2.38. The maximum atomic E-state index is 12.3. The molecule has 1 aliphatic carbocycles. The minimum Gasteiger partial charge on any atom is -0.458 e. The molecule has 0 N–H and O–H groups in total. The highest BCUT2D eigenvalue weighted by atomic mass is 16.6. The van der Waals surface area contributed by atoms with E-state index in [4.69, 9.17) is 14.2 Å². The smallest absolute Gasteiger partial charge is 0.334 e. The average Bonchev–Trinajstić information content (AvgIpc) is 3.04. The van der Waals surface area contributed by atoms with Gasteiger partial charge in [-0.2, -0.15) is 0 Å². The second-order valence-corrected chi connectivity index (χ2v) is 6.89. The van der Waals surface area contributed by atoms with Crippen molar-refractivity contribution in [2.75, 3.05) is 0 Å². The van der Waals surface area contributed by atoms with Gasteiger partial charge in [0, 0.05) is 29.6 Å². The third-order valence-electron chi connectivity index (χ3n) is 4.98. The summed E-state index contributed by atoms with van der Waals surface area (Å²) in [5.74, 6) is -1.96. The van der Waals surface area contributed by atoms with Crippen molar-refractivity contribution in [1.82, 2.24) is 0 Å². The zero-order valence-electron chi connectivity index (χ0n) is 15.1. The summed E-state index contributed by atoms with van der Waals surface area (Å²) in [5.41, 5.74) is 2.07. The van der Waals surface area contributed by atoms with Gasteiger partial charge in [0.2, 0.25) is 0 Å². The van der Waals surface area contributed by atoms with Gasteiger partial charge in [0.15, 0.2) is 0 Å². The van der Waals surface area contributed by atoms with E-state index in [0.29, 0.717) is 17.6 Å². The Balaban J connectivity index is 2.00. The van der Waals surface area contributed by atoms with Gasteiger partial charge in [-0.05, 0) is 32.9 Å². The molecule has 0 aromatic carbocycles. The molecule has 3 rings (SSSR count). The van der Waals surface area contributed by atoms with Gasteiger partial charge in [-0.15, -0.1) is 0 Å². The molecule has 2 aliphatic heterocycles. The maximum absolute atomic E-state index is 12.3. The van der Waals surface area contributed by atoms with E-state index in [1.807, 2.05) is 13.0 Å². The molecule has 2 bridgehead atoms. The van der Waals surface area contributed by atoms with Crippen LogP contribution in [0.1, 0.15) is 33.6 Å². The van der Waals surface area contributed by atoms with Gasteiger partial charge in [-0.1, -0.05) is 18.2 Å². The molecule has 0 radical (unpaired) electrons. The molecule has 4 atom stereocenters. The number of esters is 3. The molecule has 138 valence electrons. The molecule has 0 aromatic heterocycles. The van der Waals surface area contributed by atoms with Crippen LogP contribution < -0.4 is 0 Å². The standard InChI is InChI=1S/C20H22O6/c1-5-11(3)18(21)25-16-9-13-8-14(24-20(13)23)6-10(2)7-15-17(16)12(4)19(22)26-15/h5,7-8,14-17H,4,6,9H2,1-3H3/b10-7-,11-5-/t14-,15-,16+,17+/m1/s1. The van der Waals surface area contributed by atoms with Gasteiger partial charge < -0.3 is 14.2 Å². The van der Waals surface area contributed by atoms with Crippen LogP contribution in [0.4, 0.5) is 0 Å². The number of hydrogen-bond donors (Lipinski definition) is 0. The Morgan fingerprint density at radius 2 is 1.96 bits per heavy atom. The van der Waals surface area contributed by atoms with Crippen LogP contribution in [0.15, 0.2) is 47.1 Å². The van der Waals surface area contributed by atoms with Crippen molar-refractivity contribution >= 4 is 17.9 Å². The number of carbonyl (C=O) groups excluding carboxylic acids is 3. The summed E-state index contributed by atoms with van der Waals surface area (Å²) in [5, 5.41) is 0. The van der Waals surface area contributed by atoms with Crippen LogP contribution in [0.25, 0.3) is 0 Å².